The number of carbonyl (C=O) groups excluding carboxylic acids is 2. The number of nitrogens with zero attached hydrogens (tertiary/aromatic N) is 1. The van der Waals surface area contributed by atoms with Gasteiger partial charge in [0.15, 0.2) is 5.11 Å². The highest BCUT2D eigenvalue weighted by atomic mass is 79.9. The molecule has 3 rings (SSSR count). The normalized spacial score (nSPS) is 13.0. The van der Waals surface area contributed by atoms with Gasteiger partial charge < -0.3 is 19.7 Å². The molecule has 1 aliphatic heterocycles. The molecule has 1 aliphatic rings. The van der Waals surface area contributed by atoms with Gasteiger partial charge in [0.05, 0.1) is 11.1 Å². The molecule has 2 aromatic carbocycles. The zero-order chi connectivity index (χ0) is 22.2. The second kappa shape index (κ2) is 11.2. The average Bonchev–Trinajstić information content (AvgIpc) is 3.30. The fourth-order valence-corrected chi connectivity index (χ4v) is 3.83. The van der Waals surface area contributed by atoms with Crippen LogP contribution in [0.15, 0.2) is 46.9 Å². The molecule has 1 heterocycles. The van der Waals surface area contributed by atoms with E-state index in [0.717, 1.165) is 25.9 Å². The Morgan fingerprint density at radius 2 is 1.74 bits per heavy atom. The molecular weight excluding hydrogens is 482 g/mol. The second-order valence-corrected chi connectivity index (χ2v) is 8.23. The average molecular weight is 506 g/mol. The van der Waals surface area contributed by atoms with Crippen molar-refractivity contribution in [2.75, 3.05) is 38.7 Å². The minimum Gasteiger partial charge on any atom is -0.490 e. The van der Waals surface area contributed by atoms with Crippen molar-refractivity contribution in [3.63, 3.8) is 0 Å². The van der Waals surface area contributed by atoms with Gasteiger partial charge in [0.25, 0.3) is 11.8 Å². The van der Waals surface area contributed by atoms with E-state index in [9.17, 15) is 9.59 Å². The van der Waals surface area contributed by atoms with E-state index < -0.39 is 0 Å². The molecule has 0 atom stereocenters. The van der Waals surface area contributed by atoms with E-state index in [2.05, 4.69) is 26.6 Å². The lowest BCUT2D eigenvalue weighted by Gasteiger charge is -2.15. The standard InChI is InChI=1S/C22H24BrN3O4S/c1-29-12-13-30-19-9-6-16(14-18(19)23)20(27)25-22(31)24-17-7-4-15(5-8-17)21(28)26-10-2-3-11-26/h4-9,14H,2-3,10-13H2,1H3,(H2,24,25,27,31). The van der Waals surface area contributed by atoms with Crippen molar-refractivity contribution in [1.29, 1.82) is 0 Å². The molecule has 0 aliphatic carbocycles. The predicted octanol–water partition coefficient (Wildman–Crippen LogP) is 3.84. The van der Waals surface area contributed by atoms with Crippen LogP contribution in [0.4, 0.5) is 5.69 Å². The number of rotatable bonds is 7. The van der Waals surface area contributed by atoms with Crippen molar-refractivity contribution in [2.24, 2.45) is 0 Å². The third-order valence-corrected chi connectivity index (χ3v) is 5.57. The quantitative estimate of drug-likeness (QED) is 0.439. The number of carbonyl (C=O) groups is 2. The van der Waals surface area contributed by atoms with E-state index in [1.165, 1.54) is 0 Å². The highest BCUT2D eigenvalue weighted by Gasteiger charge is 2.19. The summed E-state index contributed by atoms with van der Waals surface area (Å²) in [5, 5.41) is 5.78. The Labute approximate surface area is 195 Å². The van der Waals surface area contributed by atoms with Gasteiger partial charge in [0.1, 0.15) is 12.4 Å². The highest BCUT2D eigenvalue weighted by Crippen LogP contribution is 2.26. The molecule has 1 fully saturated rings. The van der Waals surface area contributed by atoms with Crippen LogP contribution in [0.5, 0.6) is 5.75 Å². The molecule has 7 nitrogen and oxygen atoms in total. The predicted molar refractivity (Wildman–Crippen MR) is 127 cm³/mol. The lowest BCUT2D eigenvalue weighted by Crippen LogP contribution is -2.34. The Hall–Kier alpha value is -2.49. The van der Waals surface area contributed by atoms with E-state index in [1.54, 1.807) is 49.6 Å². The first-order chi connectivity index (χ1) is 15.0. The van der Waals surface area contributed by atoms with Crippen molar-refractivity contribution < 1.29 is 19.1 Å². The van der Waals surface area contributed by atoms with Gasteiger partial charge in [-0.2, -0.15) is 0 Å². The summed E-state index contributed by atoms with van der Waals surface area (Å²) in [6.07, 6.45) is 2.11. The molecule has 31 heavy (non-hydrogen) atoms. The van der Waals surface area contributed by atoms with Gasteiger partial charge in [-0.05, 0) is 83.5 Å². The first kappa shape index (κ1) is 23.2. The van der Waals surface area contributed by atoms with Crippen LogP contribution in [0.25, 0.3) is 0 Å². The Kier molecular flexibility index (Phi) is 8.39. The van der Waals surface area contributed by atoms with Crippen LogP contribution in [0.2, 0.25) is 0 Å². The van der Waals surface area contributed by atoms with E-state index in [4.69, 9.17) is 21.7 Å². The number of hydrogen-bond acceptors (Lipinski definition) is 5. The van der Waals surface area contributed by atoms with Crippen molar-refractivity contribution >= 4 is 50.8 Å². The molecule has 1 saturated heterocycles. The molecule has 164 valence electrons. The fourth-order valence-electron chi connectivity index (χ4n) is 3.13. The molecule has 0 aromatic heterocycles. The second-order valence-electron chi connectivity index (χ2n) is 6.97. The van der Waals surface area contributed by atoms with Crippen LogP contribution < -0.4 is 15.4 Å². The topological polar surface area (TPSA) is 79.9 Å². The summed E-state index contributed by atoms with van der Waals surface area (Å²) in [6, 6.07) is 12.1. The summed E-state index contributed by atoms with van der Waals surface area (Å²) in [5.74, 6) is 0.320. The largest absolute Gasteiger partial charge is 0.490 e. The van der Waals surface area contributed by atoms with Crippen molar-refractivity contribution in [3.8, 4) is 5.75 Å². The molecule has 2 N–H and O–H groups in total. The van der Waals surface area contributed by atoms with Gasteiger partial charge in [-0.15, -0.1) is 0 Å². The maximum Gasteiger partial charge on any atom is 0.257 e. The molecule has 2 amide bonds. The summed E-state index contributed by atoms with van der Waals surface area (Å²) in [5.41, 5.74) is 1.76. The van der Waals surface area contributed by atoms with E-state index in [1.807, 2.05) is 4.90 Å². The molecule has 0 saturated carbocycles. The van der Waals surface area contributed by atoms with Crippen LogP contribution in [0.3, 0.4) is 0 Å². The number of ether oxygens (including phenoxy) is 2. The zero-order valence-electron chi connectivity index (χ0n) is 17.2. The summed E-state index contributed by atoms with van der Waals surface area (Å²) >= 11 is 8.65. The van der Waals surface area contributed by atoms with Gasteiger partial charge in [-0.1, -0.05) is 0 Å². The van der Waals surface area contributed by atoms with Gasteiger partial charge in [0.2, 0.25) is 0 Å². The summed E-state index contributed by atoms with van der Waals surface area (Å²) in [6.45, 7) is 2.51. The monoisotopic (exact) mass is 505 g/mol. The van der Waals surface area contributed by atoms with Crippen molar-refractivity contribution in [1.82, 2.24) is 10.2 Å². The number of halogens is 1. The van der Waals surface area contributed by atoms with Crippen LogP contribution in [0.1, 0.15) is 33.6 Å². The number of benzene rings is 2. The molecular formula is C22H24BrN3O4S. The van der Waals surface area contributed by atoms with E-state index in [-0.39, 0.29) is 16.9 Å². The minimum atomic E-state index is -0.345. The summed E-state index contributed by atoms with van der Waals surface area (Å²) < 4.78 is 11.2. The molecule has 0 unspecified atom stereocenters. The smallest absolute Gasteiger partial charge is 0.257 e. The first-order valence-electron chi connectivity index (χ1n) is 9.91. The molecule has 0 spiro atoms. The maximum atomic E-state index is 12.5. The molecule has 9 heteroatoms. The van der Waals surface area contributed by atoms with E-state index in [0.29, 0.717) is 40.3 Å². The zero-order valence-corrected chi connectivity index (χ0v) is 19.6. The van der Waals surface area contributed by atoms with Crippen LogP contribution in [-0.2, 0) is 4.74 Å². The first-order valence-corrected chi connectivity index (χ1v) is 11.1. The number of methoxy groups -OCH3 is 1. The number of likely N-dealkylation sites (tertiary alicyclic amines) is 1. The van der Waals surface area contributed by atoms with Crippen molar-refractivity contribution in [2.45, 2.75) is 12.8 Å². The SMILES string of the molecule is COCCOc1ccc(C(=O)NC(=S)Nc2ccc(C(=O)N3CCCC3)cc2)cc1Br. The lowest BCUT2D eigenvalue weighted by molar-refractivity contribution is 0.0792. The lowest BCUT2D eigenvalue weighted by atomic mass is 10.2. The fraction of sp³-hybridized carbons (Fsp3) is 0.318. The number of anilines is 1. The summed E-state index contributed by atoms with van der Waals surface area (Å²) in [4.78, 5) is 26.8. The Balaban J connectivity index is 1.53. The molecule has 2 aromatic rings. The molecule has 0 bridgehead atoms. The number of nitrogens with one attached hydrogen (secondary N) is 2. The third-order valence-electron chi connectivity index (χ3n) is 4.75. The van der Waals surface area contributed by atoms with Gasteiger partial charge in [0, 0.05) is 37.0 Å². The van der Waals surface area contributed by atoms with Crippen molar-refractivity contribution in [3.05, 3.63) is 58.1 Å². The van der Waals surface area contributed by atoms with Gasteiger partial charge >= 0.3 is 0 Å². The number of thiocarbonyl (C=S) groups is 1. The highest BCUT2D eigenvalue weighted by molar-refractivity contribution is 9.10. The van der Waals surface area contributed by atoms with Crippen LogP contribution in [-0.4, -0.2) is 55.2 Å². The third kappa shape index (κ3) is 6.49. The number of hydrogen-bond donors (Lipinski definition) is 2. The Bertz CT molecular complexity index is 946. The maximum absolute atomic E-state index is 12.5. The number of amides is 2. The minimum absolute atomic E-state index is 0.0418. The van der Waals surface area contributed by atoms with Gasteiger partial charge in [-0.3, -0.25) is 14.9 Å². The molecule has 0 radical (unpaired) electrons. The summed E-state index contributed by atoms with van der Waals surface area (Å²) in [7, 11) is 1.60. The van der Waals surface area contributed by atoms with Gasteiger partial charge in [-0.25, -0.2) is 0 Å². The van der Waals surface area contributed by atoms with Crippen LogP contribution >= 0.6 is 28.1 Å². The Morgan fingerprint density at radius 3 is 2.39 bits per heavy atom. The van der Waals surface area contributed by atoms with E-state index >= 15 is 0 Å². The Morgan fingerprint density at radius 1 is 1.06 bits per heavy atom. The van der Waals surface area contributed by atoms with Crippen LogP contribution in [0, 0.1) is 0 Å².